The van der Waals surface area contributed by atoms with Gasteiger partial charge in [0.2, 0.25) is 11.8 Å². The van der Waals surface area contributed by atoms with E-state index >= 15 is 0 Å². The molecule has 1 atom stereocenters. The first-order chi connectivity index (χ1) is 8.41. The molecule has 1 unspecified atom stereocenters. The van der Waals surface area contributed by atoms with E-state index in [0.29, 0.717) is 5.69 Å². The SMILES string of the molecule is CC1CC(=O)N(c2ccc(C(=O)O)c(Cl)c2)C1=O. The van der Waals surface area contributed by atoms with Gasteiger partial charge in [-0.3, -0.25) is 14.5 Å². The lowest BCUT2D eigenvalue weighted by molar-refractivity contribution is -0.122. The van der Waals surface area contributed by atoms with Crippen LogP contribution in [0.2, 0.25) is 5.02 Å². The van der Waals surface area contributed by atoms with Gasteiger partial charge in [-0.25, -0.2) is 4.79 Å². The van der Waals surface area contributed by atoms with E-state index in [2.05, 4.69) is 0 Å². The molecule has 0 spiro atoms. The van der Waals surface area contributed by atoms with Crippen molar-refractivity contribution in [2.75, 3.05) is 4.90 Å². The van der Waals surface area contributed by atoms with Crippen molar-refractivity contribution in [2.24, 2.45) is 5.92 Å². The summed E-state index contributed by atoms with van der Waals surface area (Å²) in [7, 11) is 0. The van der Waals surface area contributed by atoms with Crippen LogP contribution < -0.4 is 4.90 Å². The number of benzene rings is 1. The fraction of sp³-hybridized carbons (Fsp3) is 0.250. The molecule has 18 heavy (non-hydrogen) atoms. The van der Waals surface area contributed by atoms with Crippen LogP contribution in [0.25, 0.3) is 0 Å². The zero-order valence-electron chi connectivity index (χ0n) is 9.51. The molecule has 1 heterocycles. The Morgan fingerprint density at radius 1 is 1.44 bits per heavy atom. The first-order valence-electron chi connectivity index (χ1n) is 5.31. The predicted octanol–water partition coefficient (Wildman–Crippen LogP) is 1.94. The molecular weight excluding hydrogens is 258 g/mol. The van der Waals surface area contributed by atoms with Gasteiger partial charge in [0, 0.05) is 12.3 Å². The summed E-state index contributed by atoms with van der Waals surface area (Å²) in [4.78, 5) is 35.3. The standard InChI is InChI=1S/C12H10ClNO4/c1-6-4-10(15)14(11(6)16)7-2-3-8(12(17)18)9(13)5-7/h2-3,5-6H,4H2,1H3,(H,17,18). The van der Waals surface area contributed by atoms with Gasteiger partial charge < -0.3 is 5.11 Å². The monoisotopic (exact) mass is 267 g/mol. The van der Waals surface area contributed by atoms with Gasteiger partial charge >= 0.3 is 5.97 Å². The van der Waals surface area contributed by atoms with E-state index in [0.717, 1.165) is 4.90 Å². The molecule has 1 N–H and O–H groups in total. The molecule has 1 saturated heterocycles. The highest BCUT2D eigenvalue weighted by Crippen LogP contribution is 2.29. The minimum absolute atomic E-state index is 0.000142. The number of carboxylic acids is 1. The summed E-state index contributed by atoms with van der Waals surface area (Å²) in [5, 5.41) is 8.84. The molecule has 0 bridgehead atoms. The van der Waals surface area contributed by atoms with Crippen molar-refractivity contribution in [1.29, 1.82) is 0 Å². The molecular formula is C12H10ClNO4. The van der Waals surface area contributed by atoms with Crippen LogP contribution in [-0.2, 0) is 9.59 Å². The van der Waals surface area contributed by atoms with Gasteiger partial charge in [0.25, 0.3) is 0 Å². The fourth-order valence-electron chi connectivity index (χ4n) is 1.87. The molecule has 0 radical (unpaired) electrons. The third-order valence-corrected chi connectivity index (χ3v) is 3.13. The maximum absolute atomic E-state index is 11.8. The molecule has 0 aliphatic carbocycles. The Labute approximate surface area is 108 Å². The van der Waals surface area contributed by atoms with E-state index in [1.54, 1.807) is 6.92 Å². The van der Waals surface area contributed by atoms with Gasteiger partial charge in [-0.2, -0.15) is 0 Å². The van der Waals surface area contributed by atoms with Crippen LogP contribution in [0.4, 0.5) is 5.69 Å². The first-order valence-corrected chi connectivity index (χ1v) is 5.69. The topological polar surface area (TPSA) is 74.7 Å². The highest BCUT2D eigenvalue weighted by Gasteiger charge is 2.36. The van der Waals surface area contributed by atoms with Gasteiger partial charge in [0.05, 0.1) is 16.3 Å². The quantitative estimate of drug-likeness (QED) is 0.831. The maximum atomic E-state index is 11.8. The number of rotatable bonds is 2. The molecule has 5 nitrogen and oxygen atoms in total. The minimum Gasteiger partial charge on any atom is -0.478 e. The van der Waals surface area contributed by atoms with Gasteiger partial charge in [0.1, 0.15) is 0 Å². The number of aromatic carboxylic acids is 1. The molecule has 1 aromatic carbocycles. The Morgan fingerprint density at radius 2 is 2.11 bits per heavy atom. The van der Waals surface area contributed by atoms with E-state index in [1.807, 2.05) is 0 Å². The van der Waals surface area contributed by atoms with Crippen LogP contribution in [0.5, 0.6) is 0 Å². The summed E-state index contributed by atoms with van der Waals surface area (Å²) in [5.74, 6) is -2.10. The van der Waals surface area contributed by atoms with E-state index in [1.165, 1.54) is 18.2 Å². The Bertz CT molecular complexity index is 555. The van der Waals surface area contributed by atoms with Gasteiger partial charge in [-0.1, -0.05) is 18.5 Å². The number of carboxylic acid groups (broad SMARTS) is 1. The van der Waals surface area contributed by atoms with Crippen LogP contribution in [0.3, 0.4) is 0 Å². The molecule has 1 fully saturated rings. The van der Waals surface area contributed by atoms with Crippen molar-refractivity contribution in [1.82, 2.24) is 0 Å². The van der Waals surface area contributed by atoms with Crippen LogP contribution in [-0.4, -0.2) is 22.9 Å². The second-order valence-corrected chi connectivity index (χ2v) is 4.55. The molecule has 2 amide bonds. The number of carbonyl (C=O) groups excluding carboxylic acids is 2. The summed E-state index contributed by atoms with van der Waals surface area (Å²) in [6.07, 6.45) is 0.164. The number of nitrogens with zero attached hydrogens (tertiary/aromatic N) is 1. The summed E-state index contributed by atoms with van der Waals surface area (Å²) in [6.45, 7) is 1.67. The zero-order valence-corrected chi connectivity index (χ0v) is 10.3. The number of carbonyl (C=O) groups is 3. The number of imide groups is 1. The van der Waals surface area contributed by atoms with Crippen LogP contribution in [0.1, 0.15) is 23.7 Å². The van der Waals surface area contributed by atoms with Gasteiger partial charge in [0.15, 0.2) is 0 Å². The highest BCUT2D eigenvalue weighted by molar-refractivity contribution is 6.34. The Balaban J connectivity index is 2.41. The number of anilines is 1. The van der Waals surface area contributed by atoms with Crippen LogP contribution in [0.15, 0.2) is 18.2 Å². The Kier molecular flexibility index (Phi) is 3.09. The molecule has 6 heteroatoms. The molecule has 1 aliphatic heterocycles. The third kappa shape index (κ3) is 1.97. The second-order valence-electron chi connectivity index (χ2n) is 4.14. The minimum atomic E-state index is -1.15. The van der Waals surface area contributed by atoms with E-state index in [-0.39, 0.29) is 34.7 Å². The number of hydrogen-bond acceptors (Lipinski definition) is 3. The number of amides is 2. The largest absolute Gasteiger partial charge is 0.478 e. The summed E-state index contributed by atoms with van der Waals surface area (Å²) in [5.41, 5.74) is 0.247. The second kappa shape index (κ2) is 4.42. The molecule has 94 valence electrons. The van der Waals surface area contributed by atoms with Crippen molar-refractivity contribution < 1.29 is 19.5 Å². The van der Waals surface area contributed by atoms with Crippen molar-refractivity contribution in [3.63, 3.8) is 0 Å². The Morgan fingerprint density at radius 3 is 2.56 bits per heavy atom. The van der Waals surface area contributed by atoms with Crippen molar-refractivity contribution in [3.05, 3.63) is 28.8 Å². The zero-order chi connectivity index (χ0) is 13.4. The molecule has 0 aromatic heterocycles. The number of hydrogen-bond donors (Lipinski definition) is 1. The maximum Gasteiger partial charge on any atom is 0.337 e. The van der Waals surface area contributed by atoms with Crippen molar-refractivity contribution >= 4 is 35.1 Å². The lowest BCUT2D eigenvalue weighted by Gasteiger charge is -2.15. The van der Waals surface area contributed by atoms with Crippen molar-refractivity contribution in [3.8, 4) is 0 Å². The lowest BCUT2D eigenvalue weighted by atomic mass is 10.1. The normalized spacial score (nSPS) is 19.4. The summed E-state index contributed by atoms with van der Waals surface area (Å²) in [6, 6.07) is 4.01. The van der Waals surface area contributed by atoms with E-state index in [4.69, 9.17) is 16.7 Å². The average molecular weight is 268 g/mol. The average Bonchev–Trinajstić information content (AvgIpc) is 2.52. The highest BCUT2D eigenvalue weighted by atomic mass is 35.5. The summed E-state index contributed by atoms with van der Waals surface area (Å²) >= 11 is 5.80. The van der Waals surface area contributed by atoms with E-state index in [9.17, 15) is 14.4 Å². The van der Waals surface area contributed by atoms with Crippen LogP contribution >= 0.6 is 11.6 Å². The predicted molar refractivity (Wildman–Crippen MR) is 64.7 cm³/mol. The van der Waals surface area contributed by atoms with Crippen molar-refractivity contribution in [2.45, 2.75) is 13.3 Å². The molecule has 2 rings (SSSR count). The van der Waals surface area contributed by atoms with Crippen LogP contribution in [0, 0.1) is 5.92 Å². The lowest BCUT2D eigenvalue weighted by Crippen LogP contribution is -2.30. The molecule has 1 aromatic rings. The first kappa shape index (κ1) is 12.6. The van der Waals surface area contributed by atoms with E-state index < -0.39 is 5.97 Å². The third-order valence-electron chi connectivity index (χ3n) is 2.81. The number of halogens is 1. The van der Waals surface area contributed by atoms with Gasteiger partial charge in [-0.05, 0) is 18.2 Å². The van der Waals surface area contributed by atoms with Gasteiger partial charge in [-0.15, -0.1) is 0 Å². The molecule has 0 saturated carbocycles. The Hall–Kier alpha value is -1.88. The molecule has 1 aliphatic rings. The fourth-order valence-corrected chi connectivity index (χ4v) is 2.13. The summed E-state index contributed by atoms with van der Waals surface area (Å²) < 4.78 is 0. The smallest absolute Gasteiger partial charge is 0.337 e.